The van der Waals surface area contributed by atoms with Gasteiger partial charge in [0.05, 0.1) is 13.2 Å². The van der Waals surface area contributed by atoms with Crippen LogP contribution in [-0.2, 0) is 6.42 Å². The van der Waals surface area contributed by atoms with Gasteiger partial charge in [-0.15, -0.1) is 0 Å². The highest BCUT2D eigenvalue weighted by Gasteiger charge is 2.14. The molecule has 0 aliphatic rings. The molecule has 0 fully saturated rings. The molecule has 4 heteroatoms. The summed E-state index contributed by atoms with van der Waals surface area (Å²) in [6, 6.07) is 10.8. The SMILES string of the molecule is COc1cccc(C(O)Cc2cccc(F)c2F)c1. The first kappa shape index (κ1) is 13.5. The molecule has 1 unspecified atom stereocenters. The molecule has 2 aromatic carbocycles. The normalized spacial score (nSPS) is 12.2. The Balaban J connectivity index is 2.20. The van der Waals surface area contributed by atoms with Crippen LogP contribution in [0.25, 0.3) is 0 Å². The van der Waals surface area contributed by atoms with Crippen molar-refractivity contribution < 1.29 is 18.6 Å². The molecule has 0 radical (unpaired) electrons. The molecule has 2 rings (SSSR count). The summed E-state index contributed by atoms with van der Waals surface area (Å²) in [5, 5.41) is 10.1. The maximum absolute atomic E-state index is 13.5. The van der Waals surface area contributed by atoms with E-state index >= 15 is 0 Å². The van der Waals surface area contributed by atoms with Crippen LogP contribution in [0.4, 0.5) is 8.78 Å². The van der Waals surface area contributed by atoms with E-state index in [1.165, 1.54) is 19.2 Å². The van der Waals surface area contributed by atoms with Crippen LogP contribution in [0.15, 0.2) is 42.5 Å². The van der Waals surface area contributed by atoms with Crippen molar-refractivity contribution in [1.82, 2.24) is 0 Å². The van der Waals surface area contributed by atoms with E-state index in [4.69, 9.17) is 4.74 Å². The Morgan fingerprint density at radius 1 is 1.16 bits per heavy atom. The van der Waals surface area contributed by atoms with Gasteiger partial charge in [0.25, 0.3) is 0 Å². The molecule has 19 heavy (non-hydrogen) atoms. The standard InChI is InChI=1S/C15H14F2O2/c1-19-12-6-2-4-10(8-12)14(18)9-11-5-3-7-13(16)15(11)17/h2-8,14,18H,9H2,1H3. The summed E-state index contributed by atoms with van der Waals surface area (Å²) in [6.45, 7) is 0. The zero-order valence-electron chi connectivity index (χ0n) is 10.4. The van der Waals surface area contributed by atoms with E-state index in [2.05, 4.69) is 0 Å². The first-order chi connectivity index (χ1) is 9.11. The Morgan fingerprint density at radius 3 is 2.63 bits per heavy atom. The predicted octanol–water partition coefficient (Wildman–Crippen LogP) is 3.25. The van der Waals surface area contributed by atoms with Gasteiger partial charge in [-0.3, -0.25) is 0 Å². The highest BCUT2D eigenvalue weighted by atomic mass is 19.2. The molecular formula is C15H14F2O2. The Labute approximate surface area is 110 Å². The maximum atomic E-state index is 13.5. The van der Waals surface area contributed by atoms with Gasteiger partial charge in [-0.25, -0.2) is 8.78 Å². The van der Waals surface area contributed by atoms with Crippen LogP contribution in [0.3, 0.4) is 0 Å². The first-order valence-electron chi connectivity index (χ1n) is 5.86. The monoisotopic (exact) mass is 264 g/mol. The molecule has 0 spiro atoms. The number of rotatable bonds is 4. The fourth-order valence-electron chi connectivity index (χ4n) is 1.88. The Hall–Kier alpha value is -1.94. The summed E-state index contributed by atoms with van der Waals surface area (Å²) in [5.74, 6) is -1.21. The van der Waals surface area contributed by atoms with Gasteiger partial charge in [0, 0.05) is 6.42 Å². The number of aliphatic hydroxyl groups is 1. The van der Waals surface area contributed by atoms with E-state index in [1.54, 1.807) is 24.3 Å². The minimum absolute atomic E-state index is 0.0107. The van der Waals surface area contributed by atoms with Crippen LogP contribution in [0.2, 0.25) is 0 Å². The fourth-order valence-corrected chi connectivity index (χ4v) is 1.88. The molecule has 2 nitrogen and oxygen atoms in total. The van der Waals surface area contributed by atoms with Gasteiger partial charge in [0.15, 0.2) is 11.6 Å². The number of hydrogen-bond donors (Lipinski definition) is 1. The summed E-state index contributed by atoms with van der Waals surface area (Å²) < 4.78 is 31.6. The van der Waals surface area contributed by atoms with E-state index in [9.17, 15) is 13.9 Å². The lowest BCUT2D eigenvalue weighted by Crippen LogP contribution is -2.04. The highest BCUT2D eigenvalue weighted by molar-refractivity contribution is 5.31. The summed E-state index contributed by atoms with van der Waals surface area (Å²) >= 11 is 0. The van der Waals surface area contributed by atoms with Gasteiger partial charge in [0.2, 0.25) is 0 Å². The molecule has 100 valence electrons. The van der Waals surface area contributed by atoms with Gasteiger partial charge < -0.3 is 9.84 Å². The maximum Gasteiger partial charge on any atom is 0.162 e. The summed E-state index contributed by atoms with van der Waals surface area (Å²) in [5.41, 5.74) is 0.748. The van der Waals surface area contributed by atoms with Crippen LogP contribution < -0.4 is 4.74 Å². The Morgan fingerprint density at radius 2 is 1.89 bits per heavy atom. The van der Waals surface area contributed by atoms with E-state index in [0.29, 0.717) is 11.3 Å². The van der Waals surface area contributed by atoms with Gasteiger partial charge in [-0.1, -0.05) is 24.3 Å². The molecule has 0 saturated carbocycles. The Bertz CT molecular complexity index is 570. The number of halogens is 2. The average molecular weight is 264 g/mol. The summed E-state index contributed by atoms with van der Waals surface area (Å²) in [4.78, 5) is 0. The first-order valence-corrected chi connectivity index (χ1v) is 5.86. The molecule has 1 atom stereocenters. The van der Waals surface area contributed by atoms with Crippen molar-refractivity contribution in [2.24, 2.45) is 0 Å². The van der Waals surface area contributed by atoms with E-state index < -0.39 is 17.7 Å². The van der Waals surface area contributed by atoms with Crippen molar-refractivity contribution in [3.8, 4) is 5.75 Å². The van der Waals surface area contributed by atoms with E-state index in [-0.39, 0.29) is 12.0 Å². The van der Waals surface area contributed by atoms with E-state index in [1.807, 2.05) is 0 Å². The third-order valence-corrected chi connectivity index (χ3v) is 2.92. The zero-order valence-corrected chi connectivity index (χ0v) is 10.4. The molecule has 0 bridgehead atoms. The lowest BCUT2D eigenvalue weighted by Gasteiger charge is -2.13. The van der Waals surface area contributed by atoms with Crippen LogP contribution in [-0.4, -0.2) is 12.2 Å². The average Bonchev–Trinajstić information content (AvgIpc) is 2.44. The van der Waals surface area contributed by atoms with Crippen molar-refractivity contribution in [3.63, 3.8) is 0 Å². The molecule has 0 aromatic heterocycles. The molecule has 0 aliphatic carbocycles. The molecule has 1 N–H and O–H groups in total. The van der Waals surface area contributed by atoms with Crippen molar-refractivity contribution in [2.45, 2.75) is 12.5 Å². The van der Waals surface area contributed by atoms with Crippen molar-refractivity contribution in [1.29, 1.82) is 0 Å². The number of methoxy groups -OCH3 is 1. The predicted molar refractivity (Wildman–Crippen MR) is 68.0 cm³/mol. The number of benzene rings is 2. The van der Waals surface area contributed by atoms with Crippen molar-refractivity contribution >= 4 is 0 Å². The molecule has 0 amide bonds. The highest BCUT2D eigenvalue weighted by Crippen LogP contribution is 2.24. The molecule has 0 saturated heterocycles. The van der Waals surface area contributed by atoms with Crippen LogP contribution in [0.1, 0.15) is 17.2 Å². The molecule has 0 aliphatic heterocycles. The summed E-state index contributed by atoms with van der Waals surface area (Å²) in [7, 11) is 1.53. The third-order valence-electron chi connectivity index (χ3n) is 2.92. The van der Waals surface area contributed by atoms with Crippen molar-refractivity contribution in [2.75, 3.05) is 7.11 Å². The van der Waals surface area contributed by atoms with Gasteiger partial charge in [-0.2, -0.15) is 0 Å². The topological polar surface area (TPSA) is 29.5 Å². The largest absolute Gasteiger partial charge is 0.497 e. The second kappa shape index (κ2) is 5.80. The molecule has 0 heterocycles. The van der Waals surface area contributed by atoms with Gasteiger partial charge in [-0.05, 0) is 29.3 Å². The zero-order chi connectivity index (χ0) is 13.8. The number of aliphatic hydroxyl groups excluding tert-OH is 1. The van der Waals surface area contributed by atoms with Gasteiger partial charge in [0.1, 0.15) is 5.75 Å². The number of hydrogen-bond acceptors (Lipinski definition) is 2. The van der Waals surface area contributed by atoms with Crippen LogP contribution in [0, 0.1) is 11.6 Å². The smallest absolute Gasteiger partial charge is 0.162 e. The lowest BCUT2D eigenvalue weighted by molar-refractivity contribution is 0.176. The minimum Gasteiger partial charge on any atom is -0.497 e. The molecular weight excluding hydrogens is 250 g/mol. The number of ether oxygens (including phenoxy) is 1. The quantitative estimate of drug-likeness (QED) is 0.918. The van der Waals surface area contributed by atoms with Crippen LogP contribution in [0.5, 0.6) is 5.75 Å². The molecule has 2 aromatic rings. The van der Waals surface area contributed by atoms with E-state index in [0.717, 1.165) is 6.07 Å². The second-order valence-electron chi connectivity index (χ2n) is 4.21. The van der Waals surface area contributed by atoms with Crippen molar-refractivity contribution in [3.05, 3.63) is 65.2 Å². The minimum atomic E-state index is -0.913. The lowest BCUT2D eigenvalue weighted by atomic mass is 10.0. The third kappa shape index (κ3) is 3.09. The van der Waals surface area contributed by atoms with Crippen LogP contribution >= 0.6 is 0 Å². The second-order valence-corrected chi connectivity index (χ2v) is 4.21. The summed E-state index contributed by atoms with van der Waals surface area (Å²) in [6.07, 6.45) is -0.900. The fraction of sp³-hybridized carbons (Fsp3) is 0.200. The van der Waals surface area contributed by atoms with Gasteiger partial charge >= 0.3 is 0 Å². The Kier molecular flexibility index (Phi) is 4.12.